The number of hydrogen-bond donors (Lipinski definition) is 1. The Morgan fingerprint density at radius 1 is 0.947 bits per heavy atom. The highest BCUT2D eigenvalue weighted by Crippen LogP contribution is 2.46. The maximum atomic E-state index is 12.6. The minimum Gasteiger partial charge on any atom is -0.481 e. The molecule has 2 atom stereocenters. The summed E-state index contributed by atoms with van der Waals surface area (Å²) in [5.41, 5.74) is 0. The highest BCUT2D eigenvalue weighted by Gasteiger charge is 2.44. The van der Waals surface area contributed by atoms with Crippen LogP contribution in [0.4, 0.5) is 13.2 Å². The monoisotopic (exact) mass is 278 g/mol. The van der Waals surface area contributed by atoms with Crippen molar-refractivity contribution in [1.82, 2.24) is 0 Å². The molecule has 2 fully saturated rings. The molecular formula is C14H21F3O2. The summed E-state index contributed by atoms with van der Waals surface area (Å²) in [7, 11) is 0. The minimum atomic E-state index is -4.08. The fraction of sp³-hybridized carbons (Fsp3) is 0.929. The van der Waals surface area contributed by atoms with E-state index in [0.29, 0.717) is 19.3 Å². The molecule has 2 aliphatic rings. The molecule has 1 unspecified atom stereocenters. The van der Waals surface area contributed by atoms with E-state index in [0.717, 1.165) is 19.3 Å². The molecule has 110 valence electrons. The van der Waals surface area contributed by atoms with E-state index >= 15 is 0 Å². The maximum absolute atomic E-state index is 12.6. The van der Waals surface area contributed by atoms with Gasteiger partial charge in [0.25, 0.3) is 0 Å². The number of carboxylic acid groups (broad SMARTS) is 1. The summed E-state index contributed by atoms with van der Waals surface area (Å²) >= 11 is 0. The first-order valence-corrected chi connectivity index (χ1v) is 7.19. The van der Waals surface area contributed by atoms with E-state index in [4.69, 9.17) is 0 Å². The molecule has 0 aliphatic heterocycles. The van der Waals surface area contributed by atoms with Gasteiger partial charge < -0.3 is 5.11 Å². The smallest absolute Gasteiger partial charge is 0.391 e. The number of carboxylic acids is 1. The predicted octanol–water partition coefficient (Wildman–Crippen LogP) is 4.25. The Bertz CT molecular complexity index is 319. The van der Waals surface area contributed by atoms with E-state index in [9.17, 15) is 23.1 Å². The maximum Gasteiger partial charge on any atom is 0.391 e. The second kappa shape index (κ2) is 5.71. The van der Waals surface area contributed by atoms with E-state index in [1.807, 2.05) is 0 Å². The number of hydrogen-bond acceptors (Lipinski definition) is 1. The molecule has 5 heteroatoms. The summed E-state index contributed by atoms with van der Waals surface area (Å²) < 4.78 is 37.9. The van der Waals surface area contributed by atoms with Crippen LogP contribution in [0.15, 0.2) is 0 Å². The largest absolute Gasteiger partial charge is 0.481 e. The van der Waals surface area contributed by atoms with Crippen LogP contribution in [-0.2, 0) is 4.79 Å². The van der Waals surface area contributed by atoms with Gasteiger partial charge in [-0.05, 0) is 50.4 Å². The Balaban J connectivity index is 1.94. The summed E-state index contributed by atoms with van der Waals surface area (Å²) in [5.74, 6) is -1.99. The zero-order chi connectivity index (χ0) is 14.0. The molecular weight excluding hydrogens is 257 g/mol. The van der Waals surface area contributed by atoms with Crippen LogP contribution < -0.4 is 0 Å². The lowest BCUT2D eigenvalue weighted by Crippen LogP contribution is -2.36. The lowest BCUT2D eigenvalue weighted by atomic mass is 9.66. The minimum absolute atomic E-state index is 0.0976. The zero-order valence-corrected chi connectivity index (χ0v) is 11.0. The van der Waals surface area contributed by atoms with Crippen molar-refractivity contribution in [3.63, 3.8) is 0 Å². The van der Waals surface area contributed by atoms with Gasteiger partial charge in [-0.3, -0.25) is 4.79 Å². The standard InChI is InChI=1S/C14H21F3O2/c15-14(16,17)10-7-5-9(6-8-10)11-3-1-2-4-12(11)13(18)19/h9-12H,1-8H2,(H,18,19)/t9?,10?,11?,12-/m1/s1. The van der Waals surface area contributed by atoms with Crippen molar-refractivity contribution in [2.24, 2.45) is 23.7 Å². The van der Waals surface area contributed by atoms with Gasteiger partial charge in [-0.2, -0.15) is 13.2 Å². The average Bonchev–Trinajstić information content (AvgIpc) is 2.38. The Kier molecular flexibility index (Phi) is 4.41. The summed E-state index contributed by atoms with van der Waals surface area (Å²) in [6, 6.07) is 0. The SMILES string of the molecule is O=C(O)[C@@H]1CCCCC1C1CCC(C(F)(F)F)CC1. The number of aliphatic carboxylic acids is 1. The Labute approximate surface area is 111 Å². The number of alkyl halides is 3. The van der Waals surface area contributed by atoms with Crippen LogP contribution in [0.5, 0.6) is 0 Å². The van der Waals surface area contributed by atoms with E-state index in [-0.39, 0.29) is 30.6 Å². The molecule has 2 rings (SSSR count). The van der Waals surface area contributed by atoms with Crippen molar-refractivity contribution in [3.05, 3.63) is 0 Å². The van der Waals surface area contributed by atoms with Gasteiger partial charge in [-0.15, -0.1) is 0 Å². The quantitative estimate of drug-likeness (QED) is 0.820. The fourth-order valence-electron chi connectivity index (χ4n) is 3.91. The summed E-state index contributed by atoms with van der Waals surface area (Å²) in [4.78, 5) is 11.3. The van der Waals surface area contributed by atoms with Gasteiger partial charge in [0.1, 0.15) is 0 Å². The first-order chi connectivity index (χ1) is 8.89. The molecule has 0 aromatic carbocycles. The molecule has 0 heterocycles. The lowest BCUT2D eigenvalue weighted by molar-refractivity contribution is -0.186. The Hall–Kier alpha value is -0.740. The third-order valence-electron chi connectivity index (χ3n) is 4.98. The van der Waals surface area contributed by atoms with E-state index in [1.54, 1.807) is 0 Å². The molecule has 2 nitrogen and oxygen atoms in total. The van der Waals surface area contributed by atoms with Gasteiger partial charge in [0.2, 0.25) is 0 Å². The van der Waals surface area contributed by atoms with Crippen LogP contribution in [-0.4, -0.2) is 17.3 Å². The highest BCUT2D eigenvalue weighted by molar-refractivity contribution is 5.70. The van der Waals surface area contributed by atoms with Crippen molar-refractivity contribution < 1.29 is 23.1 Å². The van der Waals surface area contributed by atoms with Gasteiger partial charge in [0.05, 0.1) is 11.8 Å². The number of halogens is 3. The van der Waals surface area contributed by atoms with Crippen LogP contribution in [0.2, 0.25) is 0 Å². The van der Waals surface area contributed by atoms with Crippen molar-refractivity contribution in [1.29, 1.82) is 0 Å². The lowest BCUT2D eigenvalue weighted by Gasteiger charge is -2.39. The summed E-state index contributed by atoms with van der Waals surface area (Å²) in [6.07, 6.45) is 0.880. The average molecular weight is 278 g/mol. The molecule has 0 radical (unpaired) electrons. The Morgan fingerprint density at radius 2 is 1.53 bits per heavy atom. The molecule has 1 N–H and O–H groups in total. The molecule has 0 saturated heterocycles. The fourth-order valence-corrected chi connectivity index (χ4v) is 3.91. The molecule has 0 spiro atoms. The van der Waals surface area contributed by atoms with E-state index in [1.165, 1.54) is 0 Å². The van der Waals surface area contributed by atoms with Gasteiger partial charge in [0, 0.05) is 0 Å². The van der Waals surface area contributed by atoms with Gasteiger partial charge in [-0.1, -0.05) is 12.8 Å². The third kappa shape index (κ3) is 3.42. The van der Waals surface area contributed by atoms with Gasteiger partial charge in [-0.25, -0.2) is 0 Å². The van der Waals surface area contributed by atoms with Crippen molar-refractivity contribution in [2.75, 3.05) is 0 Å². The number of carbonyl (C=O) groups is 1. The third-order valence-corrected chi connectivity index (χ3v) is 4.98. The predicted molar refractivity (Wildman–Crippen MR) is 64.6 cm³/mol. The van der Waals surface area contributed by atoms with Crippen LogP contribution in [0, 0.1) is 23.7 Å². The normalized spacial score (nSPS) is 37.0. The van der Waals surface area contributed by atoms with Crippen LogP contribution in [0.1, 0.15) is 51.4 Å². The molecule has 19 heavy (non-hydrogen) atoms. The van der Waals surface area contributed by atoms with Crippen molar-refractivity contribution in [3.8, 4) is 0 Å². The first kappa shape index (κ1) is 14.7. The Morgan fingerprint density at radius 3 is 2.05 bits per heavy atom. The molecule has 2 aliphatic carbocycles. The topological polar surface area (TPSA) is 37.3 Å². The van der Waals surface area contributed by atoms with Crippen molar-refractivity contribution >= 4 is 5.97 Å². The molecule has 0 bridgehead atoms. The summed E-state index contributed by atoms with van der Waals surface area (Å²) in [5, 5.41) is 9.24. The second-order valence-electron chi connectivity index (χ2n) is 6.05. The molecule has 0 aromatic rings. The molecule has 0 aromatic heterocycles. The zero-order valence-electron chi connectivity index (χ0n) is 11.0. The van der Waals surface area contributed by atoms with Crippen LogP contribution in [0.25, 0.3) is 0 Å². The van der Waals surface area contributed by atoms with Gasteiger partial charge >= 0.3 is 12.1 Å². The molecule has 2 saturated carbocycles. The van der Waals surface area contributed by atoms with E-state index < -0.39 is 18.1 Å². The van der Waals surface area contributed by atoms with E-state index in [2.05, 4.69) is 0 Å². The second-order valence-corrected chi connectivity index (χ2v) is 6.05. The number of rotatable bonds is 2. The van der Waals surface area contributed by atoms with Crippen molar-refractivity contribution in [2.45, 2.75) is 57.5 Å². The van der Waals surface area contributed by atoms with Crippen LogP contribution >= 0.6 is 0 Å². The van der Waals surface area contributed by atoms with Crippen LogP contribution in [0.3, 0.4) is 0 Å². The van der Waals surface area contributed by atoms with Gasteiger partial charge in [0.15, 0.2) is 0 Å². The highest BCUT2D eigenvalue weighted by atomic mass is 19.4. The summed E-state index contributed by atoms with van der Waals surface area (Å²) in [6.45, 7) is 0. The molecule has 0 amide bonds. The first-order valence-electron chi connectivity index (χ1n) is 7.19.